The third kappa shape index (κ3) is 4.17. The zero-order valence-corrected chi connectivity index (χ0v) is 21.3. The first-order valence-electron chi connectivity index (χ1n) is 12.3. The van der Waals surface area contributed by atoms with Crippen LogP contribution < -0.4 is 10.6 Å². The highest BCUT2D eigenvalue weighted by Crippen LogP contribution is 2.55. The second-order valence-electron chi connectivity index (χ2n) is 9.73. The lowest BCUT2D eigenvalue weighted by atomic mass is 9.65. The van der Waals surface area contributed by atoms with Crippen molar-refractivity contribution in [1.82, 2.24) is 24.4 Å². The van der Waals surface area contributed by atoms with Gasteiger partial charge in [-0.25, -0.2) is 15.0 Å². The summed E-state index contributed by atoms with van der Waals surface area (Å²) in [6.07, 6.45) is 5.79. The molecule has 6 rings (SSSR count). The molecule has 37 heavy (non-hydrogen) atoms. The lowest BCUT2D eigenvalue weighted by Gasteiger charge is -2.46. The predicted molar refractivity (Wildman–Crippen MR) is 145 cm³/mol. The predicted octanol–water partition coefficient (Wildman–Crippen LogP) is 4.59. The molecule has 1 aromatic carbocycles. The van der Waals surface area contributed by atoms with Crippen LogP contribution in [-0.2, 0) is 4.79 Å². The van der Waals surface area contributed by atoms with E-state index in [9.17, 15) is 9.59 Å². The lowest BCUT2D eigenvalue weighted by Crippen LogP contribution is -2.42. The Labute approximate surface area is 218 Å². The van der Waals surface area contributed by atoms with Crippen molar-refractivity contribution < 1.29 is 9.59 Å². The van der Waals surface area contributed by atoms with Gasteiger partial charge in [-0.2, -0.15) is 0 Å². The number of anilines is 2. The summed E-state index contributed by atoms with van der Waals surface area (Å²) in [5, 5.41) is 6.08. The summed E-state index contributed by atoms with van der Waals surface area (Å²) < 4.78 is 2.16. The first-order valence-corrected chi connectivity index (χ1v) is 13.1. The monoisotopic (exact) mass is 513 g/mol. The first-order chi connectivity index (χ1) is 18.0. The molecule has 0 unspecified atom stereocenters. The molecule has 1 aliphatic carbocycles. The maximum Gasteiger partial charge on any atom is 0.268 e. The highest BCUT2D eigenvalue weighted by Gasteiger charge is 2.50. The Bertz CT molecular complexity index is 1520. The van der Waals surface area contributed by atoms with Crippen LogP contribution in [0.3, 0.4) is 0 Å². The standard InChI is InChI=1S/C27H27N7O2S/c1-3-24(35)33-11-10-27(15-33)13-17(14-27)34-20-7-5-4-6-18(20)31-26(34)32-25(36)22-9-8-21(37-22)19-12-23(28-2)30-16-29-19/h3-9,12,16-17H,1,10-11,13-15H2,2H3,(H,28,29,30)(H,31,32,36). The largest absolute Gasteiger partial charge is 0.373 e. The highest BCUT2D eigenvalue weighted by atomic mass is 32.1. The van der Waals surface area contributed by atoms with Crippen molar-refractivity contribution in [3.63, 3.8) is 0 Å². The number of para-hydroxylation sites is 2. The van der Waals surface area contributed by atoms with Gasteiger partial charge in [0.25, 0.3) is 5.91 Å². The van der Waals surface area contributed by atoms with E-state index in [1.807, 2.05) is 47.4 Å². The number of hydrogen-bond donors (Lipinski definition) is 2. The van der Waals surface area contributed by atoms with Crippen LogP contribution in [0.1, 0.15) is 35.0 Å². The molecule has 1 aliphatic heterocycles. The van der Waals surface area contributed by atoms with Crippen LogP contribution in [0, 0.1) is 5.41 Å². The van der Waals surface area contributed by atoms with Crippen molar-refractivity contribution in [2.75, 3.05) is 30.8 Å². The van der Waals surface area contributed by atoms with Gasteiger partial charge >= 0.3 is 0 Å². The van der Waals surface area contributed by atoms with Gasteiger partial charge in [0.05, 0.1) is 26.5 Å². The molecule has 0 atom stereocenters. The van der Waals surface area contributed by atoms with Crippen molar-refractivity contribution >= 4 is 46.0 Å². The van der Waals surface area contributed by atoms with Gasteiger partial charge in [-0.1, -0.05) is 18.7 Å². The summed E-state index contributed by atoms with van der Waals surface area (Å²) >= 11 is 1.38. The molecule has 3 aromatic heterocycles. The van der Waals surface area contributed by atoms with Crippen LogP contribution in [0.4, 0.5) is 11.8 Å². The van der Waals surface area contributed by atoms with Crippen LogP contribution in [-0.4, -0.2) is 56.4 Å². The third-order valence-corrected chi connectivity index (χ3v) is 8.56. The molecular weight excluding hydrogens is 486 g/mol. The number of carbonyl (C=O) groups excluding carboxylic acids is 2. The molecule has 2 fully saturated rings. The summed E-state index contributed by atoms with van der Waals surface area (Å²) in [7, 11) is 1.80. The van der Waals surface area contributed by atoms with Crippen molar-refractivity contribution in [2.45, 2.75) is 25.3 Å². The van der Waals surface area contributed by atoms with Crippen molar-refractivity contribution in [1.29, 1.82) is 0 Å². The molecule has 188 valence electrons. The van der Waals surface area contributed by atoms with Gasteiger partial charge in [0, 0.05) is 32.2 Å². The number of hydrogen-bond acceptors (Lipinski definition) is 7. The molecule has 2 amide bonds. The van der Waals surface area contributed by atoms with Gasteiger partial charge in [-0.05, 0) is 55.0 Å². The second kappa shape index (κ2) is 9.11. The molecular formula is C27H27N7O2S. The number of aromatic nitrogens is 4. The van der Waals surface area contributed by atoms with Crippen LogP contribution in [0.5, 0.6) is 0 Å². The molecule has 0 bridgehead atoms. The van der Waals surface area contributed by atoms with Crippen molar-refractivity contribution in [2.24, 2.45) is 5.41 Å². The molecule has 1 saturated heterocycles. The van der Waals surface area contributed by atoms with E-state index in [4.69, 9.17) is 4.98 Å². The number of rotatable bonds is 6. The Kier molecular flexibility index (Phi) is 5.75. The number of nitrogens with one attached hydrogen (secondary N) is 2. The number of carbonyl (C=O) groups is 2. The normalized spacial score (nSPS) is 20.7. The summed E-state index contributed by atoms with van der Waals surface area (Å²) in [4.78, 5) is 42.0. The Morgan fingerprint density at radius 1 is 1.19 bits per heavy atom. The fourth-order valence-electron chi connectivity index (χ4n) is 5.60. The maximum absolute atomic E-state index is 13.3. The maximum atomic E-state index is 13.3. The minimum absolute atomic E-state index is 0.000761. The van der Waals surface area contributed by atoms with Gasteiger partial charge in [-0.3, -0.25) is 14.9 Å². The lowest BCUT2D eigenvalue weighted by molar-refractivity contribution is -0.125. The average Bonchev–Trinajstić information content (AvgIpc) is 3.64. The minimum Gasteiger partial charge on any atom is -0.373 e. The topological polar surface area (TPSA) is 105 Å². The zero-order chi connectivity index (χ0) is 25.6. The smallest absolute Gasteiger partial charge is 0.268 e. The van der Waals surface area contributed by atoms with Gasteiger partial charge < -0.3 is 14.8 Å². The van der Waals surface area contributed by atoms with E-state index >= 15 is 0 Å². The molecule has 2 N–H and O–H groups in total. The Balaban J connectivity index is 1.23. The van der Waals surface area contributed by atoms with E-state index in [0.717, 1.165) is 59.8 Å². The number of benzene rings is 1. The van der Waals surface area contributed by atoms with Crippen LogP contribution in [0.15, 0.2) is 61.4 Å². The number of nitrogens with zero attached hydrogens (tertiary/aromatic N) is 5. The molecule has 4 heterocycles. The third-order valence-electron chi connectivity index (χ3n) is 7.45. The molecule has 9 nitrogen and oxygen atoms in total. The van der Waals surface area contributed by atoms with Crippen molar-refractivity contribution in [3.05, 3.63) is 66.3 Å². The summed E-state index contributed by atoms with van der Waals surface area (Å²) in [6, 6.07) is 13.7. The minimum atomic E-state index is -0.201. The SMILES string of the molecule is C=CC(=O)N1CCC2(CC(n3c(NC(=O)c4ccc(-c5cc(NC)ncn5)s4)nc4ccccc43)C2)C1. The van der Waals surface area contributed by atoms with Gasteiger partial charge in [0.15, 0.2) is 0 Å². The van der Waals surface area contributed by atoms with E-state index in [1.54, 1.807) is 7.05 Å². The number of thiophene rings is 1. The fourth-order valence-corrected chi connectivity index (χ4v) is 6.47. The summed E-state index contributed by atoms with van der Waals surface area (Å²) in [5.74, 6) is 1.07. The van der Waals surface area contributed by atoms with E-state index < -0.39 is 0 Å². The molecule has 1 saturated carbocycles. The number of amides is 2. The molecule has 0 radical (unpaired) electrons. The van der Waals surface area contributed by atoms with E-state index in [1.165, 1.54) is 23.7 Å². The summed E-state index contributed by atoms with van der Waals surface area (Å²) in [6.45, 7) is 5.16. The van der Waals surface area contributed by atoms with E-state index in [-0.39, 0.29) is 23.3 Å². The van der Waals surface area contributed by atoms with Gasteiger partial charge in [0.1, 0.15) is 12.1 Å². The van der Waals surface area contributed by atoms with E-state index in [0.29, 0.717) is 10.8 Å². The zero-order valence-electron chi connectivity index (χ0n) is 20.5. The quantitative estimate of drug-likeness (QED) is 0.366. The Morgan fingerprint density at radius 3 is 2.84 bits per heavy atom. The number of fused-ring (bicyclic) bond motifs is 1. The molecule has 1 spiro atoms. The number of imidazole rings is 1. The molecule has 10 heteroatoms. The Morgan fingerprint density at radius 2 is 2.03 bits per heavy atom. The fraction of sp³-hybridized carbons (Fsp3) is 0.296. The average molecular weight is 514 g/mol. The highest BCUT2D eigenvalue weighted by molar-refractivity contribution is 7.17. The van der Waals surface area contributed by atoms with E-state index in [2.05, 4.69) is 31.7 Å². The number of likely N-dealkylation sites (tertiary alicyclic amines) is 1. The van der Waals surface area contributed by atoms with Crippen molar-refractivity contribution in [3.8, 4) is 10.6 Å². The first kappa shape index (κ1) is 23.4. The van der Waals surface area contributed by atoms with Crippen LogP contribution in [0.2, 0.25) is 0 Å². The van der Waals surface area contributed by atoms with Crippen LogP contribution >= 0.6 is 11.3 Å². The second-order valence-corrected chi connectivity index (χ2v) is 10.8. The van der Waals surface area contributed by atoms with Gasteiger partial charge in [-0.15, -0.1) is 11.3 Å². The molecule has 2 aliphatic rings. The van der Waals surface area contributed by atoms with Gasteiger partial charge in [0.2, 0.25) is 11.9 Å². The summed E-state index contributed by atoms with van der Waals surface area (Å²) in [5.41, 5.74) is 2.74. The molecule has 4 aromatic rings. The Hall–Kier alpha value is -4.05. The van der Waals surface area contributed by atoms with Crippen LogP contribution in [0.25, 0.3) is 21.6 Å².